The van der Waals surface area contributed by atoms with Crippen LogP contribution in [0.3, 0.4) is 0 Å². The lowest BCUT2D eigenvalue weighted by Crippen LogP contribution is -2.23. The summed E-state index contributed by atoms with van der Waals surface area (Å²) in [6.45, 7) is 0. The molecule has 3 N–H and O–H groups in total. The second-order valence-corrected chi connectivity index (χ2v) is 7.22. The first-order valence-corrected chi connectivity index (χ1v) is 9.45. The fraction of sp³-hybridized carbons (Fsp3) is 0.444. The van der Waals surface area contributed by atoms with Crippen LogP contribution in [0, 0.1) is 0 Å². The van der Waals surface area contributed by atoms with Gasteiger partial charge < -0.3 is 11.1 Å². The number of halogens is 6. The Balaban J connectivity index is 0.000000221. The molecule has 4 nitrogen and oxygen atoms in total. The summed E-state index contributed by atoms with van der Waals surface area (Å²) in [5.41, 5.74) is 4.06. The van der Waals surface area contributed by atoms with E-state index >= 15 is 0 Å². The third kappa shape index (κ3) is 6.57. The molecule has 1 fully saturated rings. The van der Waals surface area contributed by atoms with E-state index in [9.17, 15) is 22.0 Å². The molecule has 0 spiro atoms. The molecule has 0 amide bonds. The number of aromatic nitrogens is 2. The standard InChI is InChI=1S/C12H15BrF2N2.C6H5F3N2/c13-8-6-10(11(14)15)12(16-7-8)17-9-4-2-1-3-5-9;7-6(8,9)4-2-1-3-11-5(4)10/h6-7,9,11H,1-5H2,(H,16,17);1-3H,(H2,10,11). The van der Waals surface area contributed by atoms with Crippen molar-refractivity contribution in [1.82, 2.24) is 9.97 Å². The Morgan fingerprint density at radius 1 is 1.14 bits per heavy atom. The van der Waals surface area contributed by atoms with E-state index in [1.807, 2.05) is 0 Å². The maximum Gasteiger partial charge on any atom is 0.419 e. The zero-order chi connectivity index (χ0) is 20.7. The Kier molecular flexibility index (Phi) is 7.97. The van der Waals surface area contributed by atoms with Crippen molar-refractivity contribution in [3.63, 3.8) is 0 Å². The van der Waals surface area contributed by atoms with Crippen molar-refractivity contribution in [2.45, 2.75) is 50.7 Å². The van der Waals surface area contributed by atoms with Crippen molar-refractivity contribution in [2.24, 2.45) is 0 Å². The normalized spacial score (nSPS) is 15.1. The van der Waals surface area contributed by atoms with Crippen molar-refractivity contribution in [3.8, 4) is 0 Å². The number of nitrogen functional groups attached to an aromatic ring is 1. The van der Waals surface area contributed by atoms with Crippen LogP contribution in [0.25, 0.3) is 0 Å². The van der Waals surface area contributed by atoms with Crippen molar-refractivity contribution >= 4 is 27.6 Å². The van der Waals surface area contributed by atoms with Gasteiger partial charge in [0.25, 0.3) is 6.43 Å². The minimum absolute atomic E-state index is 0.0232. The van der Waals surface area contributed by atoms with Crippen LogP contribution in [0.15, 0.2) is 35.1 Å². The van der Waals surface area contributed by atoms with Crippen LogP contribution in [0.4, 0.5) is 33.6 Å². The molecule has 2 aromatic heterocycles. The molecule has 2 heterocycles. The average Bonchev–Trinajstić information content (AvgIpc) is 2.64. The van der Waals surface area contributed by atoms with Gasteiger partial charge in [-0.05, 0) is 47.0 Å². The van der Waals surface area contributed by atoms with Gasteiger partial charge in [-0.2, -0.15) is 13.2 Å². The van der Waals surface area contributed by atoms with Crippen LogP contribution in [0.5, 0.6) is 0 Å². The van der Waals surface area contributed by atoms with E-state index in [1.54, 1.807) is 6.20 Å². The maximum atomic E-state index is 12.9. The summed E-state index contributed by atoms with van der Waals surface area (Å²) in [7, 11) is 0. The molecule has 154 valence electrons. The number of nitrogens with zero attached hydrogens (tertiary/aromatic N) is 2. The lowest BCUT2D eigenvalue weighted by molar-refractivity contribution is -0.137. The molecule has 1 aliphatic carbocycles. The van der Waals surface area contributed by atoms with Gasteiger partial charge in [0, 0.05) is 22.9 Å². The van der Waals surface area contributed by atoms with Gasteiger partial charge in [0.1, 0.15) is 11.6 Å². The van der Waals surface area contributed by atoms with Gasteiger partial charge in [-0.3, -0.25) is 0 Å². The predicted molar refractivity (Wildman–Crippen MR) is 101 cm³/mol. The molecular weight excluding hydrogens is 447 g/mol. The smallest absolute Gasteiger partial charge is 0.383 e. The van der Waals surface area contributed by atoms with Crippen LogP contribution in [-0.4, -0.2) is 16.0 Å². The predicted octanol–water partition coefficient (Wildman–Crippen LogP) is 6.21. The minimum atomic E-state index is -4.40. The SMILES string of the molecule is FC(F)c1cc(Br)cnc1NC1CCCCC1.Nc1ncccc1C(F)(F)F. The van der Waals surface area contributed by atoms with Crippen LogP contribution >= 0.6 is 15.9 Å². The monoisotopic (exact) mass is 466 g/mol. The number of nitrogens with one attached hydrogen (secondary N) is 1. The molecule has 0 radical (unpaired) electrons. The largest absolute Gasteiger partial charge is 0.419 e. The van der Waals surface area contributed by atoms with E-state index in [-0.39, 0.29) is 11.6 Å². The van der Waals surface area contributed by atoms with Crippen molar-refractivity contribution in [1.29, 1.82) is 0 Å². The van der Waals surface area contributed by atoms with Gasteiger partial charge in [0.2, 0.25) is 0 Å². The Labute approximate surface area is 167 Å². The van der Waals surface area contributed by atoms with Crippen LogP contribution < -0.4 is 11.1 Å². The molecule has 0 bridgehead atoms. The van der Waals surface area contributed by atoms with Gasteiger partial charge in [-0.15, -0.1) is 0 Å². The van der Waals surface area contributed by atoms with E-state index in [2.05, 4.69) is 31.2 Å². The molecule has 0 unspecified atom stereocenters. The van der Waals surface area contributed by atoms with E-state index in [1.165, 1.54) is 24.8 Å². The summed E-state index contributed by atoms with van der Waals surface area (Å²) in [6, 6.07) is 3.81. The molecule has 3 rings (SSSR count). The fourth-order valence-electron chi connectivity index (χ4n) is 2.84. The summed E-state index contributed by atoms with van der Waals surface area (Å²) >= 11 is 3.17. The zero-order valence-electron chi connectivity index (χ0n) is 14.8. The highest BCUT2D eigenvalue weighted by atomic mass is 79.9. The Morgan fingerprint density at radius 2 is 1.82 bits per heavy atom. The first-order chi connectivity index (χ1) is 13.2. The molecule has 0 aromatic carbocycles. The van der Waals surface area contributed by atoms with E-state index in [4.69, 9.17) is 5.73 Å². The first kappa shape index (κ1) is 22.3. The van der Waals surface area contributed by atoms with E-state index in [0.29, 0.717) is 10.3 Å². The number of nitrogens with two attached hydrogens (primary N) is 1. The number of alkyl halides is 5. The Bertz CT molecular complexity index is 764. The average molecular weight is 467 g/mol. The minimum Gasteiger partial charge on any atom is -0.383 e. The summed E-state index contributed by atoms with van der Waals surface area (Å²) < 4.78 is 62.1. The Hall–Kier alpha value is -1.97. The molecule has 28 heavy (non-hydrogen) atoms. The maximum absolute atomic E-state index is 12.9. The topological polar surface area (TPSA) is 63.8 Å². The van der Waals surface area contributed by atoms with Gasteiger partial charge >= 0.3 is 6.18 Å². The molecule has 2 aromatic rings. The molecule has 1 saturated carbocycles. The highest BCUT2D eigenvalue weighted by Crippen LogP contribution is 2.32. The molecular formula is C18H20BrF5N4. The fourth-order valence-corrected chi connectivity index (χ4v) is 3.19. The summed E-state index contributed by atoms with van der Waals surface area (Å²) in [5.74, 6) is -0.157. The second kappa shape index (κ2) is 9.99. The molecule has 0 aliphatic heterocycles. The Morgan fingerprint density at radius 3 is 2.36 bits per heavy atom. The number of rotatable bonds is 3. The number of anilines is 2. The van der Waals surface area contributed by atoms with Crippen molar-refractivity contribution < 1.29 is 22.0 Å². The number of hydrogen-bond donors (Lipinski definition) is 2. The van der Waals surface area contributed by atoms with E-state index in [0.717, 1.165) is 31.7 Å². The number of hydrogen-bond acceptors (Lipinski definition) is 4. The highest BCUT2D eigenvalue weighted by molar-refractivity contribution is 9.10. The summed E-state index contributed by atoms with van der Waals surface area (Å²) in [5, 5.41) is 3.15. The second-order valence-electron chi connectivity index (χ2n) is 6.31. The van der Waals surface area contributed by atoms with E-state index < -0.39 is 24.0 Å². The first-order valence-electron chi connectivity index (χ1n) is 8.66. The lowest BCUT2D eigenvalue weighted by atomic mass is 9.95. The lowest BCUT2D eigenvalue weighted by Gasteiger charge is -2.24. The van der Waals surface area contributed by atoms with Crippen molar-refractivity contribution in [2.75, 3.05) is 11.1 Å². The molecule has 0 saturated heterocycles. The van der Waals surface area contributed by atoms with Crippen LogP contribution in [0.1, 0.15) is 49.7 Å². The quantitative estimate of drug-likeness (QED) is 0.527. The van der Waals surface area contributed by atoms with Crippen LogP contribution in [0.2, 0.25) is 0 Å². The van der Waals surface area contributed by atoms with Gasteiger partial charge in [0.15, 0.2) is 0 Å². The van der Waals surface area contributed by atoms with Crippen molar-refractivity contribution in [3.05, 3.63) is 46.2 Å². The summed E-state index contributed by atoms with van der Waals surface area (Å²) in [6.07, 6.45) is 1.52. The van der Waals surface area contributed by atoms with Gasteiger partial charge in [0.05, 0.1) is 11.1 Å². The highest BCUT2D eigenvalue weighted by Gasteiger charge is 2.33. The molecule has 10 heteroatoms. The molecule has 0 atom stereocenters. The molecule has 1 aliphatic rings. The van der Waals surface area contributed by atoms with Gasteiger partial charge in [-0.1, -0.05) is 19.3 Å². The zero-order valence-corrected chi connectivity index (χ0v) is 16.4. The van der Waals surface area contributed by atoms with Crippen LogP contribution in [-0.2, 0) is 6.18 Å². The third-order valence-electron chi connectivity index (χ3n) is 4.21. The van der Waals surface area contributed by atoms with Gasteiger partial charge in [-0.25, -0.2) is 18.7 Å². The summed E-state index contributed by atoms with van der Waals surface area (Å²) in [4.78, 5) is 7.36. The third-order valence-corrected chi connectivity index (χ3v) is 4.64. The number of pyridine rings is 2.